The molecule has 2 heteroatoms. The Hall–Kier alpha value is -2.09. The number of carbonyl (C=O) groups excluding carboxylic acids is 1. The first-order valence-corrected chi connectivity index (χ1v) is 7.33. The van der Waals surface area contributed by atoms with Crippen molar-refractivity contribution in [3.8, 4) is 5.75 Å². The van der Waals surface area contributed by atoms with Gasteiger partial charge in [-0.3, -0.25) is 4.79 Å². The Morgan fingerprint density at radius 2 is 1.81 bits per heavy atom. The molecule has 0 heterocycles. The first kappa shape index (κ1) is 15.3. The second-order valence-electron chi connectivity index (χ2n) is 5.89. The van der Waals surface area contributed by atoms with Crippen molar-refractivity contribution in [3.63, 3.8) is 0 Å². The van der Waals surface area contributed by atoms with Crippen LogP contribution in [0.4, 0.5) is 0 Å². The summed E-state index contributed by atoms with van der Waals surface area (Å²) in [7, 11) is 0. The smallest absolute Gasteiger partial charge is 0.150 e. The fourth-order valence-electron chi connectivity index (χ4n) is 2.20. The Balaban J connectivity index is 2.28. The molecule has 2 aromatic carbocycles. The molecule has 0 spiro atoms. The van der Waals surface area contributed by atoms with Gasteiger partial charge in [-0.2, -0.15) is 0 Å². The van der Waals surface area contributed by atoms with Gasteiger partial charge >= 0.3 is 0 Å². The number of carbonyl (C=O) groups is 1. The molecule has 0 bridgehead atoms. The molecule has 0 aliphatic heterocycles. The van der Waals surface area contributed by atoms with Crippen LogP contribution >= 0.6 is 0 Å². The zero-order chi connectivity index (χ0) is 15.3. The zero-order valence-corrected chi connectivity index (χ0v) is 12.9. The molecule has 0 aliphatic rings. The van der Waals surface area contributed by atoms with Crippen LogP contribution in [-0.2, 0) is 12.0 Å². The van der Waals surface area contributed by atoms with Crippen molar-refractivity contribution in [1.82, 2.24) is 0 Å². The third-order valence-corrected chi connectivity index (χ3v) is 3.99. The molecule has 0 radical (unpaired) electrons. The Bertz CT molecular complexity index is 600. The summed E-state index contributed by atoms with van der Waals surface area (Å²) in [5, 5.41) is 0. The molecule has 2 nitrogen and oxygen atoms in total. The Labute approximate surface area is 126 Å². The zero-order valence-electron chi connectivity index (χ0n) is 12.9. The van der Waals surface area contributed by atoms with Crippen LogP contribution < -0.4 is 4.74 Å². The monoisotopic (exact) mass is 282 g/mol. The first-order valence-electron chi connectivity index (χ1n) is 7.33. The summed E-state index contributed by atoms with van der Waals surface area (Å²) in [6.45, 7) is 7.03. The number of hydrogen-bond acceptors (Lipinski definition) is 2. The molecule has 2 rings (SSSR count). The number of aldehydes is 1. The van der Waals surface area contributed by atoms with E-state index in [1.165, 1.54) is 0 Å². The molecule has 0 aromatic heterocycles. The molecule has 0 saturated heterocycles. The van der Waals surface area contributed by atoms with Gasteiger partial charge in [0.15, 0.2) is 0 Å². The lowest BCUT2D eigenvalue weighted by Gasteiger charge is -2.26. The van der Waals surface area contributed by atoms with Crippen molar-refractivity contribution in [2.45, 2.75) is 39.2 Å². The highest BCUT2D eigenvalue weighted by molar-refractivity contribution is 5.76. The lowest BCUT2D eigenvalue weighted by molar-refractivity contribution is 0.112. The van der Waals surface area contributed by atoms with Crippen LogP contribution in [-0.4, -0.2) is 6.29 Å². The minimum absolute atomic E-state index is 0.0228. The maximum Gasteiger partial charge on any atom is 0.150 e. The third kappa shape index (κ3) is 3.72. The summed E-state index contributed by atoms with van der Waals surface area (Å²) >= 11 is 0. The number of ether oxygens (including phenoxy) is 1. The lowest BCUT2D eigenvalue weighted by Crippen LogP contribution is -2.17. The van der Waals surface area contributed by atoms with Crippen LogP contribution in [0.3, 0.4) is 0 Å². The molecule has 110 valence electrons. The van der Waals surface area contributed by atoms with E-state index in [0.29, 0.717) is 12.2 Å². The largest absolute Gasteiger partial charge is 0.489 e. The van der Waals surface area contributed by atoms with E-state index in [0.717, 1.165) is 29.6 Å². The van der Waals surface area contributed by atoms with Crippen LogP contribution in [0.15, 0.2) is 48.5 Å². The fraction of sp³-hybridized carbons (Fsp3) is 0.316. The van der Waals surface area contributed by atoms with Gasteiger partial charge in [-0.25, -0.2) is 0 Å². The van der Waals surface area contributed by atoms with Crippen molar-refractivity contribution in [2.75, 3.05) is 0 Å². The number of rotatable bonds is 6. The van der Waals surface area contributed by atoms with Gasteiger partial charge in [0.05, 0.1) is 0 Å². The van der Waals surface area contributed by atoms with Crippen LogP contribution in [0.25, 0.3) is 0 Å². The van der Waals surface area contributed by atoms with E-state index in [4.69, 9.17) is 4.74 Å². The molecule has 21 heavy (non-hydrogen) atoms. The molecular weight excluding hydrogens is 260 g/mol. The SMILES string of the molecule is CCC(C)(C)c1cc(C=O)ccc1OCc1ccccc1. The van der Waals surface area contributed by atoms with E-state index in [1.807, 2.05) is 48.5 Å². The van der Waals surface area contributed by atoms with E-state index < -0.39 is 0 Å². The van der Waals surface area contributed by atoms with Crippen LogP contribution in [0, 0.1) is 0 Å². The summed E-state index contributed by atoms with van der Waals surface area (Å²) in [6, 6.07) is 15.7. The average molecular weight is 282 g/mol. The topological polar surface area (TPSA) is 26.3 Å². The van der Waals surface area contributed by atoms with Gasteiger partial charge in [0.1, 0.15) is 18.6 Å². The van der Waals surface area contributed by atoms with Crippen molar-refractivity contribution < 1.29 is 9.53 Å². The molecule has 0 saturated carbocycles. The van der Waals surface area contributed by atoms with Crippen molar-refractivity contribution in [1.29, 1.82) is 0 Å². The summed E-state index contributed by atoms with van der Waals surface area (Å²) in [4.78, 5) is 11.0. The van der Waals surface area contributed by atoms with Crippen molar-refractivity contribution in [2.24, 2.45) is 0 Å². The number of benzene rings is 2. The van der Waals surface area contributed by atoms with Crippen LogP contribution in [0.1, 0.15) is 48.7 Å². The van der Waals surface area contributed by atoms with E-state index in [2.05, 4.69) is 20.8 Å². The minimum atomic E-state index is -0.0228. The highest BCUT2D eigenvalue weighted by atomic mass is 16.5. The molecule has 0 fully saturated rings. The van der Waals surface area contributed by atoms with E-state index >= 15 is 0 Å². The van der Waals surface area contributed by atoms with Crippen molar-refractivity contribution in [3.05, 3.63) is 65.2 Å². The van der Waals surface area contributed by atoms with Gasteiger partial charge < -0.3 is 4.74 Å². The predicted molar refractivity (Wildman–Crippen MR) is 85.9 cm³/mol. The molecule has 0 unspecified atom stereocenters. The van der Waals surface area contributed by atoms with Gasteiger partial charge in [0.25, 0.3) is 0 Å². The Kier molecular flexibility index (Phi) is 4.79. The second kappa shape index (κ2) is 6.57. The summed E-state index contributed by atoms with van der Waals surface area (Å²) in [6.07, 6.45) is 1.87. The highest BCUT2D eigenvalue weighted by Crippen LogP contribution is 2.35. The van der Waals surface area contributed by atoms with Gasteiger partial charge in [-0.1, -0.05) is 51.1 Å². The number of hydrogen-bond donors (Lipinski definition) is 0. The minimum Gasteiger partial charge on any atom is -0.489 e. The predicted octanol–water partition coefficient (Wildman–Crippen LogP) is 4.77. The van der Waals surface area contributed by atoms with Crippen LogP contribution in [0.5, 0.6) is 5.75 Å². The Morgan fingerprint density at radius 1 is 1.10 bits per heavy atom. The first-order chi connectivity index (χ1) is 10.1. The lowest BCUT2D eigenvalue weighted by atomic mass is 9.81. The maximum absolute atomic E-state index is 11.0. The molecule has 0 aliphatic carbocycles. The van der Waals surface area contributed by atoms with Gasteiger partial charge in [0.2, 0.25) is 0 Å². The van der Waals surface area contributed by atoms with Gasteiger partial charge in [-0.05, 0) is 35.6 Å². The van der Waals surface area contributed by atoms with Gasteiger partial charge in [0, 0.05) is 11.1 Å². The van der Waals surface area contributed by atoms with Crippen LogP contribution in [0.2, 0.25) is 0 Å². The maximum atomic E-state index is 11.0. The summed E-state index contributed by atoms with van der Waals surface area (Å²) in [5.74, 6) is 0.858. The average Bonchev–Trinajstić information content (AvgIpc) is 2.53. The highest BCUT2D eigenvalue weighted by Gasteiger charge is 2.23. The van der Waals surface area contributed by atoms with E-state index in [-0.39, 0.29) is 5.41 Å². The van der Waals surface area contributed by atoms with E-state index in [9.17, 15) is 4.79 Å². The second-order valence-corrected chi connectivity index (χ2v) is 5.89. The standard InChI is InChI=1S/C19H22O2/c1-4-19(2,3)17-12-16(13-20)10-11-18(17)21-14-15-8-6-5-7-9-15/h5-13H,4,14H2,1-3H3. The molecule has 2 aromatic rings. The van der Waals surface area contributed by atoms with Gasteiger partial charge in [-0.15, -0.1) is 0 Å². The third-order valence-electron chi connectivity index (χ3n) is 3.99. The summed E-state index contributed by atoms with van der Waals surface area (Å²) in [5.41, 5.74) is 2.90. The molecule has 0 amide bonds. The quantitative estimate of drug-likeness (QED) is 0.714. The normalized spacial score (nSPS) is 11.2. The molecular formula is C19H22O2. The fourth-order valence-corrected chi connectivity index (χ4v) is 2.20. The molecule has 0 N–H and O–H groups in total. The summed E-state index contributed by atoms with van der Waals surface area (Å²) < 4.78 is 5.99. The van der Waals surface area contributed by atoms with E-state index in [1.54, 1.807) is 0 Å². The molecule has 0 atom stereocenters. The van der Waals surface area contributed by atoms with Crippen molar-refractivity contribution >= 4 is 6.29 Å². The Morgan fingerprint density at radius 3 is 2.43 bits per heavy atom.